The Hall–Kier alpha value is 2.50. The van der Waals surface area contributed by atoms with Gasteiger partial charge in [-0.15, -0.1) is 0 Å². The van der Waals surface area contributed by atoms with Crippen molar-refractivity contribution in [2.75, 3.05) is 0 Å². The quantitative estimate of drug-likeness (QED) is 0.275. The van der Waals surface area contributed by atoms with Crippen LogP contribution < -0.4 is 0 Å². The standard InChI is InChI=1S/CHI3OS.CH4/c2-1(3,4)5-6;/h6H;1H4. The summed E-state index contributed by atoms with van der Waals surface area (Å²) in [7, 11) is 0. The Bertz CT molecular complexity index is 42.7. The van der Waals surface area contributed by atoms with Crippen molar-refractivity contribution in [1.29, 1.82) is 0 Å². The largest absolute Gasteiger partial charge is 0.281 e. The normalized spacial score (nSPS) is 10.3. The van der Waals surface area contributed by atoms with Gasteiger partial charge in [0.25, 0.3) is 0 Å². The van der Waals surface area contributed by atoms with Gasteiger partial charge in [0.1, 0.15) is 0 Å². The molecule has 0 aromatic carbocycles. The minimum absolute atomic E-state index is 0. The monoisotopic (exact) mass is 458 g/mol. The average Bonchev–Trinajstić information content (AvgIpc) is 1.35. The SMILES string of the molecule is C.SOC(I)(I)I. The van der Waals surface area contributed by atoms with Crippen molar-refractivity contribution in [3.63, 3.8) is 0 Å². The third-order valence-corrected chi connectivity index (χ3v) is 2.08. The lowest BCUT2D eigenvalue weighted by Crippen LogP contribution is -1.94. The molecule has 0 heterocycles. The molecule has 0 bridgehead atoms. The van der Waals surface area contributed by atoms with Crippen LogP contribution >= 0.6 is 80.7 Å². The highest BCUT2D eigenvalue weighted by atomic mass is 127. The molecular weight excluding hydrogens is 453 g/mol. The Balaban J connectivity index is 0. The highest BCUT2D eigenvalue weighted by molar-refractivity contribution is 14.3. The predicted molar refractivity (Wildman–Crippen MR) is 61.6 cm³/mol. The molecule has 1 nitrogen and oxygen atoms in total. The predicted octanol–water partition coefficient (Wildman–Crippen LogP) is 3.40. The van der Waals surface area contributed by atoms with E-state index >= 15 is 0 Å². The third kappa shape index (κ3) is 11.9. The van der Waals surface area contributed by atoms with Crippen LogP contribution in [0.2, 0.25) is 0 Å². The van der Waals surface area contributed by atoms with E-state index in [-0.39, 0.29) is 7.05 Å². The minimum Gasteiger partial charge on any atom is -0.281 e. The molecule has 0 radical (unpaired) electrons. The van der Waals surface area contributed by atoms with E-state index in [2.05, 4.69) is 84.9 Å². The van der Waals surface area contributed by atoms with Crippen molar-refractivity contribution in [3.05, 3.63) is 0 Å². The van der Waals surface area contributed by atoms with Crippen LogP contribution in [0, 0.1) is 0 Å². The molecule has 0 amide bonds. The van der Waals surface area contributed by atoms with Gasteiger partial charge >= 0.3 is 0 Å². The highest BCUT2D eigenvalue weighted by Crippen LogP contribution is 2.37. The Kier molecular flexibility index (Phi) is 9.23. The lowest BCUT2D eigenvalue weighted by atomic mass is 11.7. The first-order valence-electron chi connectivity index (χ1n) is 0.954. The highest BCUT2D eigenvalue weighted by Gasteiger charge is 2.14. The van der Waals surface area contributed by atoms with Crippen LogP contribution in [0.15, 0.2) is 0 Å². The first-order chi connectivity index (χ1) is 2.56. The van der Waals surface area contributed by atoms with Crippen LogP contribution in [0.1, 0.15) is 7.43 Å². The maximum Gasteiger partial charge on any atom is 0.231 e. The van der Waals surface area contributed by atoms with E-state index in [0.29, 0.717) is 0 Å². The summed E-state index contributed by atoms with van der Waals surface area (Å²) in [5.41, 5.74) is 0. The lowest BCUT2D eigenvalue weighted by Gasteiger charge is -2.04. The second kappa shape index (κ2) is 5.30. The smallest absolute Gasteiger partial charge is 0.231 e. The van der Waals surface area contributed by atoms with Crippen LogP contribution in [-0.2, 0) is 4.18 Å². The molecule has 0 fully saturated rings. The number of hydrogen-bond acceptors (Lipinski definition) is 2. The topological polar surface area (TPSA) is 9.23 Å². The number of thiol groups is 1. The summed E-state index contributed by atoms with van der Waals surface area (Å²) >= 11 is 9.92. The Morgan fingerprint density at radius 2 is 1.43 bits per heavy atom. The molecule has 0 spiro atoms. The van der Waals surface area contributed by atoms with Gasteiger partial charge in [0, 0.05) is 0 Å². The molecule has 0 aliphatic heterocycles. The molecule has 0 unspecified atom stereocenters. The Morgan fingerprint density at radius 1 is 1.29 bits per heavy atom. The summed E-state index contributed by atoms with van der Waals surface area (Å²) in [5, 5.41) is 0. The zero-order valence-corrected chi connectivity index (χ0v) is 9.86. The summed E-state index contributed by atoms with van der Waals surface area (Å²) in [6, 6.07) is 0. The van der Waals surface area contributed by atoms with E-state index in [0.717, 1.165) is 0 Å². The number of halogens is 3. The van der Waals surface area contributed by atoms with E-state index in [1.807, 2.05) is 0 Å². The van der Waals surface area contributed by atoms with E-state index in [1.165, 1.54) is 0 Å². The van der Waals surface area contributed by atoms with E-state index in [4.69, 9.17) is 0 Å². The summed E-state index contributed by atoms with van der Waals surface area (Å²) in [6.45, 7) is 0. The Labute approximate surface area is 90.4 Å². The van der Waals surface area contributed by atoms with Crippen molar-refractivity contribution in [1.82, 2.24) is 0 Å². The zero-order chi connectivity index (χ0) is 5.21. The summed E-state index contributed by atoms with van der Waals surface area (Å²) in [5.74, 6) is 0. The fourth-order valence-electron chi connectivity index (χ4n) is 0. The van der Waals surface area contributed by atoms with Crippen molar-refractivity contribution in [3.8, 4) is 0 Å². The van der Waals surface area contributed by atoms with Gasteiger partial charge in [-0.25, -0.2) is 0 Å². The van der Waals surface area contributed by atoms with E-state index < -0.39 is 0 Å². The molecule has 0 aliphatic rings. The van der Waals surface area contributed by atoms with Gasteiger partial charge in [0.2, 0.25) is -0.379 Å². The molecule has 0 aromatic heterocycles. The molecule has 0 aromatic rings. The molecule has 0 N–H and O–H groups in total. The van der Waals surface area contributed by atoms with Gasteiger partial charge in [-0.1, -0.05) is 7.43 Å². The molecule has 5 heteroatoms. The Morgan fingerprint density at radius 3 is 1.43 bits per heavy atom. The van der Waals surface area contributed by atoms with Gasteiger partial charge in [0.05, 0.1) is 0 Å². The minimum atomic E-state index is -0.184. The van der Waals surface area contributed by atoms with Crippen LogP contribution in [0.4, 0.5) is 0 Å². The number of rotatable bonds is 1. The maximum atomic E-state index is 4.59. The number of alkyl halides is 3. The second-order valence-electron chi connectivity index (χ2n) is 0.537. The van der Waals surface area contributed by atoms with Gasteiger partial charge < -0.3 is 0 Å². The van der Waals surface area contributed by atoms with E-state index in [9.17, 15) is 0 Å². The molecule has 0 atom stereocenters. The first kappa shape index (κ1) is 12.2. The molecule has 0 aliphatic carbocycles. The van der Waals surface area contributed by atoms with Crippen molar-refractivity contribution >= 4 is 80.7 Å². The molecule has 7 heavy (non-hydrogen) atoms. The van der Waals surface area contributed by atoms with Crippen molar-refractivity contribution in [2.24, 2.45) is 0 Å². The molecular formula is C2H5I3OS. The van der Waals surface area contributed by atoms with Gasteiger partial charge in [0.15, 0.2) is 0 Å². The zero-order valence-electron chi connectivity index (χ0n) is 2.49. The maximum absolute atomic E-state index is 4.59. The first-order valence-corrected chi connectivity index (χ1v) is 4.56. The van der Waals surface area contributed by atoms with Crippen LogP contribution in [0.5, 0.6) is 0 Å². The lowest BCUT2D eigenvalue weighted by molar-refractivity contribution is 0.458. The molecule has 0 rings (SSSR count). The van der Waals surface area contributed by atoms with Crippen LogP contribution in [-0.4, -0.2) is -0.379 Å². The number of hydrogen-bond donors (Lipinski definition) is 1. The third-order valence-electron chi connectivity index (χ3n) is 0.104. The van der Waals surface area contributed by atoms with Crippen LogP contribution in [0.25, 0.3) is 0 Å². The summed E-state index contributed by atoms with van der Waals surface area (Å²) < 4.78 is 4.41. The van der Waals surface area contributed by atoms with Crippen molar-refractivity contribution < 1.29 is 4.18 Å². The van der Waals surface area contributed by atoms with Gasteiger partial charge in [-0.2, -0.15) is 0 Å². The molecule has 0 saturated heterocycles. The summed E-state index contributed by atoms with van der Waals surface area (Å²) in [6.07, 6.45) is 0. The van der Waals surface area contributed by atoms with E-state index in [1.54, 1.807) is 0 Å². The van der Waals surface area contributed by atoms with Gasteiger partial charge in [-0.3, -0.25) is 4.18 Å². The summed E-state index contributed by atoms with van der Waals surface area (Å²) in [4.78, 5) is 0. The fraction of sp³-hybridized carbons (Fsp3) is 1.00. The molecule has 46 valence electrons. The fourth-order valence-corrected chi connectivity index (χ4v) is 0. The average molecular weight is 458 g/mol. The molecule has 0 saturated carbocycles. The van der Waals surface area contributed by atoms with Gasteiger partial charge in [-0.05, 0) is 80.7 Å². The van der Waals surface area contributed by atoms with Crippen LogP contribution in [0.3, 0.4) is 0 Å². The van der Waals surface area contributed by atoms with Crippen molar-refractivity contribution in [2.45, 2.75) is 7.05 Å². The second-order valence-corrected chi connectivity index (χ2v) is 11.5.